The van der Waals surface area contributed by atoms with Crippen LogP contribution in [0.4, 0.5) is 0 Å². The van der Waals surface area contributed by atoms with Crippen molar-refractivity contribution in [1.82, 2.24) is 0 Å². The molecule has 0 amide bonds. The molecule has 4 heteroatoms. The van der Waals surface area contributed by atoms with E-state index in [4.69, 9.17) is 9.84 Å². The number of ether oxygens (including phenoxy) is 1. The molecule has 0 spiro atoms. The third-order valence-corrected chi connectivity index (χ3v) is 3.18. The molecule has 0 aliphatic heterocycles. The summed E-state index contributed by atoms with van der Waals surface area (Å²) in [6.07, 6.45) is -0.106. The summed E-state index contributed by atoms with van der Waals surface area (Å²) in [4.78, 5) is 22.5. The van der Waals surface area contributed by atoms with Gasteiger partial charge in [-0.25, -0.2) is 0 Å². The molecule has 1 rings (SSSR count). The van der Waals surface area contributed by atoms with E-state index < -0.39 is 5.97 Å². The first-order valence-corrected chi connectivity index (χ1v) is 6.81. The second-order valence-corrected chi connectivity index (χ2v) is 5.38. The van der Waals surface area contributed by atoms with Gasteiger partial charge >= 0.3 is 5.97 Å². The van der Waals surface area contributed by atoms with Gasteiger partial charge in [-0.1, -0.05) is 13.8 Å². The van der Waals surface area contributed by atoms with Gasteiger partial charge in [0.15, 0.2) is 5.78 Å². The quantitative estimate of drug-likeness (QED) is 0.776. The third-order valence-electron chi connectivity index (χ3n) is 3.18. The molecule has 0 heterocycles. The van der Waals surface area contributed by atoms with Crippen LogP contribution in [0.25, 0.3) is 0 Å². The van der Waals surface area contributed by atoms with E-state index in [0.29, 0.717) is 18.1 Å². The molecule has 0 fully saturated rings. The molecule has 0 bridgehead atoms. The maximum Gasteiger partial charge on any atom is 0.303 e. The molecule has 1 aromatic rings. The highest BCUT2D eigenvalue weighted by Gasteiger charge is 2.14. The number of carboxylic acids is 1. The largest absolute Gasteiger partial charge is 0.493 e. The SMILES string of the molecule is Cc1c(OCC(C)C)ccc(C(=O)CCC(=O)O)c1C. The van der Waals surface area contributed by atoms with Crippen LogP contribution < -0.4 is 4.74 Å². The summed E-state index contributed by atoms with van der Waals surface area (Å²) < 4.78 is 5.71. The van der Waals surface area contributed by atoms with Crippen molar-refractivity contribution in [3.8, 4) is 5.75 Å². The van der Waals surface area contributed by atoms with Crippen molar-refractivity contribution in [2.45, 2.75) is 40.5 Å². The van der Waals surface area contributed by atoms with E-state index in [1.165, 1.54) is 0 Å². The lowest BCUT2D eigenvalue weighted by Gasteiger charge is -2.15. The number of rotatable bonds is 7. The average molecular weight is 278 g/mol. The van der Waals surface area contributed by atoms with Crippen molar-refractivity contribution in [3.05, 3.63) is 28.8 Å². The lowest BCUT2D eigenvalue weighted by molar-refractivity contribution is -0.136. The molecule has 0 atom stereocenters. The Bertz CT molecular complexity index is 503. The van der Waals surface area contributed by atoms with Gasteiger partial charge in [-0.2, -0.15) is 0 Å². The molecule has 0 unspecified atom stereocenters. The van der Waals surface area contributed by atoms with Gasteiger partial charge < -0.3 is 9.84 Å². The number of hydrogen-bond acceptors (Lipinski definition) is 3. The fourth-order valence-corrected chi connectivity index (χ4v) is 1.87. The van der Waals surface area contributed by atoms with Crippen molar-refractivity contribution in [2.75, 3.05) is 6.61 Å². The van der Waals surface area contributed by atoms with Gasteiger partial charge in [0, 0.05) is 12.0 Å². The molecule has 0 aliphatic carbocycles. The molecule has 1 N–H and O–H groups in total. The molecule has 1 aromatic carbocycles. The number of carbonyl (C=O) groups excluding carboxylic acids is 1. The van der Waals surface area contributed by atoms with Crippen LogP contribution in [0.1, 0.15) is 48.2 Å². The number of carbonyl (C=O) groups is 2. The van der Waals surface area contributed by atoms with Crippen molar-refractivity contribution in [2.24, 2.45) is 5.92 Å². The summed E-state index contributed by atoms with van der Waals surface area (Å²) in [7, 11) is 0. The Morgan fingerprint density at radius 1 is 1.15 bits per heavy atom. The molecule has 0 aliphatic rings. The normalized spacial score (nSPS) is 10.7. The second kappa shape index (κ2) is 7.08. The third kappa shape index (κ3) is 4.37. The Morgan fingerprint density at radius 2 is 1.80 bits per heavy atom. The predicted octanol–water partition coefficient (Wildman–Crippen LogP) is 3.39. The minimum atomic E-state index is -0.954. The van der Waals surface area contributed by atoms with Gasteiger partial charge in [0.1, 0.15) is 5.75 Å². The van der Waals surface area contributed by atoms with Crippen LogP contribution in [0.2, 0.25) is 0 Å². The molecule has 110 valence electrons. The Kier molecular flexibility index (Phi) is 5.74. The van der Waals surface area contributed by atoms with Crippen molar-refractivity contribution in [1.29, 1.82) is 0 Å². The van der Waals surface area contributed by atoms with E-state index in [-0.39, 0.29) is 18.6 Å². The first-order valence-electron chi connectivity index (χ1n) is 6.81. The first-order chi connectivity index (χ1) is 9.32. The van der Waals surface area contributed by atoms with Gasteiger partial charge in [-0.05, 0) is 43.0 Å². The van der Waals surface area contributed by atoms with Gasteiger partial charge in [-0.15, -0.1) is 0 Å². The van der Waals surface area contributed by atoms with E-state index in [9.17, 15) is 9.59 Å². The predicted molar refractivity (Wildman–Crippen MR) is 77.4 cm³/mol. The minimum Gasteiger partial charge on any atom is -0.493 e. The van der Waals surface area contributed by atoms with E-state index >= 15 is 0 Å². The van der Waals surface area contributed by atoms with Crippen LogP contribution >= 0.6 is 0 Å². The monoisotopic (exact) mass is 278 g/mol. The minimum absolute atomic E-state index is 0.0296. The summed E-state index contributed by atoms with van der Waals surface area (Å²) >= 11 is 0. The molecule has 20 heavy (non-hydrogen) atoms. The molecule has 0 radical (unpaired) electrons. The van der Waals surface area contributed by atoms with Crippen LogP contribution in [0.5, 0.6) is 5.75 Å². The zero-order chi connectivity index (χ0) is 15.3. The summed E-state index contributed by atoms with van der Waals surface area (Å²) in [6, 6.07) is 3.51. The Morgan fingerprint density at radius 3 is 2.35 bits per heavy atom. The fraction of sp³-hybridized carbons (Fsp3) is 0.500. The smallest absolute Gasteiger partial charge is 0.303 e. The summed E-state index contributed by atoms with van der Waals surface area (Å²) in [5.74, 6) is 0.130. The highest BCUT2D eigenvalue weighted by Crippen LogP contribution is 2.25. The van der Waals surface area contributed by atoms with E-state index in [2.05, 4.69) is 13.8 Å². The van der Waals surface area contributed by atoms with E-state index in [1.54, 1.807) is 12.1 Å². The molecule has 0 saturated heterocycles. The molecule has 4 nitrogen and oxygen atoms in total. The second-order valence-electron chi connectivity index (χ2n) is 5.38. The molecule has 0 aromatic heterocycles. The van der Waals surface area contributed by atoms with Crippen LogP contribution in [0.3, 0.4) is 0 Å². The molecular weight excluding hydrogens is 256 g/mol. The summed E-state index contributed by atoms with van der Waals surface area (Å²) in [5.41, 5.74) is 2.38. The average Bonchev–Trinajstić information content (AvgIpc) is 2.37. The summed E-state index contributed by atoms with van der Waals surface area (Å²) in [6.45, 7) is 8.56. The van der Waals surface area contributed by atoms with Gasteiger partial charge in [0.05, 0.1) is 13.0 Å². The number of hydrogen-bond donors (Lipinski definition) is 1. The lowest BCUT2D eigenvalue weighted by atomic mass is 9.97. The first kappa shape index (κ1) is 16.2. The van der Waals surface area contributed by atoms with Crippen molar-refractivity contribution >= 4 is 11.8 Å². The standard InChI is InChI=1S/C16H22O4/c1-10(2)9-20-15-7-5-13(11(3)12(15)4)14(17)6-8-16(18)19/h5,7,10H,6,8-9H2,1-4H3,(H,18,19). The van der Waals surface area contributed by atoms with Crippen LogP contribution in [0.15, 0.2) is 12.1 Å². The zero-order valence-electron chi connectivity index (χ0n) is 12.5. The Hall–Kier alpha value is -1.84. The number of ketones is 1. The number of benzene rings is 1. The molecule has 0 saturated carbocycles. The van der Waals surface area contributed by atoms with Crippen LogP contribution in [-0.4, -0.2) is 23.5 Å². The summed E-state index contributed by atoms with van der Waals surface area (Å²) in [5, 5.41) is 8.63. The number of Topliss-reactive ketones (excluding diaryl/α,β-unsaturated/α-hetero) is 1. The van der Waals surface area contributed by atoms with Gasteiger partial charge in [0.2, 0.25) is 0 Å². The maximum atomic E-state index is 12.0. The topological polar surface area (TPSA) is 63.6 Å². The number of aliphatic carboxylic acids is 1. The van der Waals surface area contributed by atoms with Crippen LogP contribution in [-0.2, 0) is 4.79 Å². The van der Waals surface area contributed by atoms with Gasteiger partial charge in [-0.3, -0.25) is 9.59 Å². The molecular formula is C16H22O4. The van der Waals surface area contributed by atoms with Gasteiger partial charge in [0.25, 0.3) is 0 Å². The maximum absolute atomic E-state index is 12.0. The lowest BCUT2D eigenvalue weighted by Crippen LogP contribution is -2.09. The number of carboxylic acid groups (broad SMARTS) is 1. The highest BCUT2D eigenvalue weighted by molar-refractivity contribution is 5.99. The highest BCUT2D eigenvalue weighted by atomic mass is 16.5. The van der Waals surface area contributed by atoms with E-state index in [0.717, 1.165) is 16.9 Å². The Labute approximate surface area is 119 Å². The fourth-order valence-electron chi connectivity index (χ4n) is 1.87. The van der Waals surface area contributed by atoms with Crippen LogP contribution in [0, 0.1) is 19.8 Å². The van der Waals surface area contributed by atoms with Crippen molar-refractivity contribution < 1.29 is 19.4 Å². The Balaban J connectivity index is 2.88. The zero-order valence-corrected chi connectivity index (χ0v) is 12.5. The van der Waals surface area contributed by atoms with E-state index in [1.807, 2.05) is 13.8 Å². The van der Waals surface area contributed by atoms with Crippen molar-refractivity contribution in [3.63, 3.8) is 0 Å².